The number of anilines is 1. The fourth-order valence-corrected chi connectivity index (χ4v) is 3.92. The van der Waals surface area contributed by atoms with Crippen LogP contribution in [0.25, 0.3) is 11.3 Å². The normalized spacial score (nSPS) is 15.4. The Balaban J connectivity index is 1.70. The van der Waals surface area contributed by atoms with E-state index in [4.69, 9.17) is 4.74 Å². The molecular formula is C24H19N3O2. The molecule has 29 heavy (non-hydrogen) atoms. The zero-order chi connectivity index (χ0) is 19.8. The predicted octanol–water partition coefficient (Wildman–Crippen LogP) is 4.84. The maximum atomic E-state index is 13.4. The zero-order valence-electron chi connectivity index (χ0n) is 15.9. The van der Waals surface area contributed by atoms with Crippen molar-refractivity contribution in [2.75, 3.05) is 12.0 Å². The number of amides is 1. The zero-order valence-corrected chi connectivity index (χ0v) is 15.9. The standard InChI is InChI=1S/C24H19N3O2/c1-29-19-14-12-16(13-15-19)21-20-22(26-25-21)24(28)27(18-10-6-3-7-11-18)23(20)17-8-4-2-5-9-17/h2-15,23H,1H3,(H,25,26). The molecule has 4 aromatic rings. The molecule has 0 radical (unpaired) electrons. The smallest absolute Gasteiger partial charge is 0.277 e. The van der Waals surface area contributed by atoms with Gasteiger partial charge in [-0.1, -0.05) is 48.5 Å². The molecule has 5 nitrogen and oxygen atoms in total. The Bertz CT molecular complexity index is 1150. The molecule has 0 saturated carbocycles. The minimum atomic E-state index is -0.253. The van der Waals surface area contributed by atoms with Crippen LogP contribution in [-0.2, 0) is 0 Å². The van der Waals surface area contributed by atoms with Crippen molar-refractivity contribution in [1.29, 1.82) is 0 Å². The number of benzene rings is 3. The number of para-hydroxylation sites is 1. The van der Waals surface area contributed by atoms with E-state index in [2.05, 4.69) is 10.2 Å². The highest BCUT2D eigenvalue weighted by atomic mass is 16.5. The lowest BCUT2D eigenvalue weighted by atomic mass is 9.96. The molecule has 5 rings (SSSR count). The molecule has 142 valence electrons. The largest absolute Gasteiger partial charge is 0.497 e. The van der Waals surface area contributed by atoms with E-state index >= 15 is 0 Å². The van der Waals surface area contributed by atoms with Crippen LogP contribution in [0.3, 0.4) is 0 Å². The fourth-order valence-electron chi connectivity index (χ4n) is 3.92. The van der Waals surface area contributed by atoms with Gasteiger partial charge in [-0.05, 0) is 42.0 Å². The highest BCUT2D eigenvalue weighted by molar-refractivity contribution is 6.11. The molecule has 0 bridgehead atoms. The minimum absolute atomic E-state index is 0.0766. The van der Waals surface area contributed by atoms with Gasteiger partial charge in [-0.2, -0.15) is 5.10 Å². The van der Waals surface area contributed by atoms with E-state index < -0.39 is 0 Å². The number of hydrogen-bond donors (Lipinski definition) is 1. The Morgan fingerprint density at radius 1 is 0.897 bits per heavy atom. The first-order chi connectivity index (χ1) is 14.3. The number of carbonyl (C=O) groups excluding carboxylic acids is 1. The van der Waals surface area contributed by atoms with E-state index in [1.54, 1.807) is 7.11 Å². The van der Waals surface area contributed by atoms with Crippen LogP contribution in [0.1, 0.15) is 27.7 Å². The number of ether oxygens (including phenoxy) is 1. The van der Waals surface area contributed by atoms with Gasteiger partial charge in [0, 0.05) is 16.8 Å². The van der Waals surface area contributed by atoms with Crippen molar-refractivity contribution in [2.45, 2.75) is 6.04 Å². The van der Waals surface area contributed by atoms with Crippen molar-refractivity contribution in [3.63, 3.8) is 0 Å². The van der Waals surface area contributed by atoms with E-state index in [0.717, 1.165) is 33.8 Å². The summed E-state index contributed by atoms with van der Waals surface area (Å²) in [7, 11) is 1.64. The second-order valence-corrected chi connectivity index (χ2v) is 6.91. The Hall–Kier alpha value is -3.86. The molecule has 1 amide bonds. The van der Waals surface area contributed by atoms with Gasteiger partial charge in [-0.15, -0.1) is 0 Å². The van der Waals surface area contributed by atoms with Crippen LogP contribution >= 0.6 is 0 Å². The molecule has 5 heteroatoms. The van der Waals surface area contributed by atoms with Gasteiger partial charge in [0.1, 0.15) is 11.4 Å². The van der Waals surface area contributed by atoms with Crippen LogP contribution in [0.15, 0.2) is 84.9 Å². The number of nitrogens with one attached hydrogen (secondary N) is 1. The Labute approximate surface area is 168 Å². The molecule has 0 spiro atoms. The first-order valence-corrected chi connectivity index (χ1v) is 9.44. The Morgan fingerprint density at radius 2 is 1.55 bits per heavy atom. The van der Waals surface area contributed by atoms with Crippen molar-refractivity contribution < 1.29 is 9.53 Å². The summed E-state index contributed by atoms with van der Waals surface area (Å²) in [5, 5.41) is 7.49. The summed E-state index contributed by atoms with van der Waals surface area (Å²) >= 11 is 0. The van der Waals surface area contributed by atoms with Crippen molar-refractivity contribution in [2.24, 2.45) is 0 Å². The molecule has 0 aliphatic carbocycles. The monoisotopic (exact) mass is 381 g/mol. The quantitative estimate of drug-likeness (QED) is 0.551. The second kappa shape index (κ2) is 6.95. The minimum Gasteiger partial charge on any atom is -0.497 e. The van der Waals surface area contributed by atoms with E-state index in [1.165, 1.54) is 0 Å². The summed E-state index contributed by atoms with van der Waals surface area (Å²) in [6.45, 7) is 0. The number of carbonyl (C=O) groups is 1. The van der Waals surface area contributed by atoms with Crippen LogP contribution in [0.5, 0.6) is 5.75 Å². The fraction of sp³-hybridized carbons (Fsp3) is 0.0833. The highest BCUT2D eigenvalue weighted by Crippen LogP contribution is 2.44. The van der Waals surface area contributed by atoms with Crippen LogP contribution in [0.2, 0.25) is 0 Å². The molecule has 1 N–H and O–H groups in total. The third kappa shape index (κ3) is 2.79. The first kappa shape index (κ1) is 17.3. The molecule has 0 saturated heterocycles. The first-order valence-electron chi connectivity index (χ1n) is 9.44. The van der Waals surface area contributed by atoms with E-state index in [1.807, 2.05) is 89.8 Å². The number of nitrogens with zero attached hydrogens (tertiary/aromatic N) is 2. The van der Waals surface area contributed by atoms with Gasteiger partial charge in [-0.3, -0.25) is 14.8 Å². The summed E-state index contributed by atoms with van der Waals surface area (Å²) in [5.41, 5.74) is 5.05. The van der Waals surface area contributed by atoms with Gasteiger partial charge in [0.05, 0.1) is 18.8 Å². The third-order valence-corrected chi connectivity index (χ3v) is 5.28. The number of H-pyrrole nitrogens is 1. The van der Waals surface area contributed by atoms with Gasteiger partial charge in [0.25, 0.3) is 5.91 Å². The lowest BCUT2D eigenvalue weighted by Crippen LogP contribution is -2.29. The number of methoxy groups -OCH3 is 1. The molecule has 0 fully saturated rings. The maximum Gasteiger partial charge on any atom is 0.277 e. The number of hydrogen-bond acceptors (Lipinski definition) is 3. The van der Waals surface area contributed by atoms with Gasteiger partial charge in [0.15, 0.2) is 0 Å². The molecule has 1 aliphatic heterocycles. The van der Waals surface area contributed by atoms with Crippen LogP contribution in [0, 0.1) is 0 Å². The maximum absolute atomic E-state index is 13.4. The van der Waals surface area contributed by atoms with Gasteiger partial charge in [-0.25, -0.2) is 0 Å². The van der Waals surface area contributed by atoms with Crippen molar-refractivity contribution in [3.05, 3.63) is 102 Å². The van der Waals surface area contributed by atoms with Crippen LogP contribution in [-0.4, -0.2) is 23.2 Å². The van der Waals surface area contributed by atoms with Crippen molar-refractivity contribution in [1.82, 2.24) is 10.2 Å². The summed E-state index contributed by atoms with van der Waals surface area (Å²) in [5.74, 6) is 0.704. The molecule has 1 unspecified atom stereocenters. The van der Waals surface area contributed by atoms with Crippen LogP contribution < -0.4 is 9.64 Å². The SMILES string of the molecule is COc1ccc(-c2n[nH]c3c2C(c2ccccc2)N(c2ccccc2)C3=O)cc1. The highest BCUT2D eigenvalue weighted by Gasteiger charge is 2.42. The van der Waals surface area contributed by atoms with Crippen molar-refractivity contribution in [3.8, 4) is 17.0 Å². The van der Waals surface area contributed by atoms with E-state index in [9.17, 15) is 4.79 Å². The van der Waals surface area contributed by atoms with Gasteiger partial charge >= 0.3 is 0 Å². The van der Waals surface area contributed by atoms with Crippen molar-refractivity contribution >= 4 is 11.6 Å². The van der Waals surface area contributed by atoms with E-state index in [-0.39, 0.29) is 11.9 Å². The lowest BCUT2D eigenvalue weighted by molar-refractivity contribution is 0.0989. The summed E-state index contributed by atoms with van der Waals surface area (Å²) in [4.78, 5) is 15.2. The number of aromatic nitrogens is 2. The van der Waals surface area contributed by atoms with E-state index in [0.29, 0.717) is 5.69 Å². The predicted molar refractivity (Wildman–Crippen MR) is 112 cm³/mol. The molecular weight excluding hydrogens is 362 g/mol. The number of rotatable bonds is 4. The summed E-state index contributed by atoms with van der Waals surface area (Å²) in [6.07, 6.45) is 0. The Kier molecular flexibility index (Phi) is 4.13. The molecule has 1 atom stereocenters. The average molecular weight is 381 g/mol. The second-order valence-electron chi connectivity index (χ2n) is 6.91. The van der Waals surface area contributed by atoms with Gasteiger partial charge in [0.2, 0.25) is 0 Å². The number of aromatic amines is 1. The average Bonchev–Trinajstić information content (AvgIpc) is 3.34. The molecule has 1 aromatic heterocycles. The third-order valence-electron chi connectivity index (χ3n) is 5.28. The van der Waals surface area contributed by atoms with Gasteiger partial charge < -0.3 is 4.74 Å². The topological polar surface area (TPSA) is 58.2 Å². The van der Waals surface area contributed by atoms with Crippen LogP contribution in [0.4, 0.5) is 5.69 Å². The molecule has 3 aromatic carbocycles. The Morgan fingerprint density at radius 3 is 2.21 bits per heavy atom. The molecule has 1 aliphatic rings. The number of fused-ring (bicyclic) bond motifs is 1. The summed E-state index contributed by atoms with van der Waals surface area (Å²) < 4.78 is 5.27. The summed E-state index contributed by atoms with van der Waals surface area (Å²) in [6, 6.07) is 27.3. The lowest BCUT2D eigenvalue weighted by Gasteiger charge is -2.26. The molecule has 2 heterocycles.